The Morgan fingerprint density at radius 1 is 0.933 bits per heavy atom. The Hall–Kier alpha value is -3.31. The van der Waals surface area contributed by atoms with Crippen LogP contribution < -0.4 is 0 Å². The van der Waals surface area contributed by atoms with E-state index >= 15 is 0 Å². The molecule has 30 heavy (non-hydrogen) atoms. The molecule has 0 atom stereocenters. The molecule has 0 amide bonds. The van der Waals surface area contributed by atoms with Crippen LogP contribution in [-0.2, 0) is 16.1 Å². The lowest BCUT2D eigenvalue weighted by atomic mass is 10.1. The highest BCUT2D eigenvalue weighted by atomic mass is 32.2. The van der Waals surface area contributed by atoms with Gasteiger partial charge in [0.2, 0.25) is 0 Å². The summed E-state index contributed by atoms with van der Waals surface area (Å²) in [6.45, 7) is 2.22. The Morgan fingerprint density at radius 3 is 2.33 bits per heavy atom. The lowest BCUT2D eigenvalue weighted by Crippen LogP contribution is -2.07. The van der Waals surface area contributed by atoms with E-state index < -0.39 is 0 Å². The van der Waals surface area contributed by atoms with Gasteiger partial charge in [0.25, 0.3) is 0 Å². The summed E-state index contributed by atoms with van der Waals surface area (Å²) in [5, 5.41) is 4.75. The third-order valence-corrected chi connectivity index (χ3v) is 5.83. The maximum absolute atomic E-state index is 12.4. The third kappa shape index (κ3) is 4.81. The Morgan fingerprint density at radius 2 is 1.60 bits per heavy atom. The molecule has 4 aromatic rings. The van der Waals surface area contributed by atoms with E-state index in [2.05, 4.69) is 0 Å². The molecule has 4 nitrogen and oxygen atoms in total. The van der Waals surface area contributed by atoms with Crippen LogP contribution in [0.25, 0.3) is 16.9 Å². The number of thioether (sulfide) groups is 1. The number of aryl methyl sites for hydroxylation is 1. The van der Waals surface area contributed by atoms with Crippen LogP contribution in [0.2, 0.25) is 0 Å². The first kappa shape index (κ1) is 20.0. The van der Waals surface area contributed by atoms with Gasteiger partial charge < -0.3 is 4.74 Å². The van der Waals surface area contributed by atoms with E-state index in [0.717, 1.165) is 33.0 Å². The first-order valence-electron chi connectivity index (χ1n) is 9.74. The normalized spacial score (nSPS) is 10.7. The molecule has 0 aliphatic heterocycles. The van der Waals surface area contributed by atoms with Crippen molar-refractivity contribution >= 4 is 17.7 Å². The second-order valence-electron chi connectivity index (χ2n) is 6.86. The smallest absolute Gasteiger partial charge is 0.316 e. The molecule has 1 aromatic heterocycles. The van der Waals surface area contributed by atoms with Crippen molar-refractivity contribution in [3.8, 4) is 16.9 Å². The van der Waals surface area contributed by atoms with Crippen LogP contribution in [0.4, 0.5) is 0 Å². The molecule has 0 saturated carbocycles. The standard InChI is InChI=1S/C25H22N2O2S/c1-19-10-8-9-15-23(19)30-18-24(28)29-17-21-16-27(22-13-6-3-7-14-22)26-25(21)20-11-4-2-5-12-20/h2-16H,17-18H2,1H3. The molecule has 0 spiro atoms. The largest absolute Gasteiger partial charge is 0.460 e. The van der Waals surface area contributed by atoms with Gasteiger partial charge in [-0.25, -0.2) is 4.68 Å². The lowest BCUT2D eigenvalue weighted by Gasteiger charge is -2.07. The average molecular weight is 415 g/mol. The highest BCUT2D eigenvalue weighted by Crippen LogP contribution is 2.25. The van der Waals surface area contributed by atoms with Crippen molar-refractivity contribution in [3.63, 3.8) is 0 Å². The second-order valence-corrected chi connectivity index (χ2v) is 7.88. The summed E-state index contributed by atoms with van der Waals surface area (Å²) in [4.78, 5) is 13.4. The van der Waals surface area contributed by atoms with Gasteiger partial charge in [-0.3, -0.25) is 4.79 Å². The molecular formula is C25H22N2O2S. The molecule has 0 aliphatic carbocycles. The summed E-state index contributed by atoms with van der Waals surface area (Å²) in [5.41, 5.74) is 4.80. The number of carbonyl (C=O) groups is 1. The predicted octanol–water partition coefficient (Wildman–Crippen LogP) is 5.68. The Labute approximate surface area is 180 Å². The minimum Gasteiger partial charge on any atom is -0.460 e. The van der Waals surface area contributed by atoms with E-state index in [4.69, 9.17) is 9.84 Å². The fourth-order valence-corrected chi connectivity index (χ4v) is 3.95. The molecule has 0 aliphatic rings. The van der Waals surface area contributed by atoms with E-state index in [0.29, 0.717) is 0 Å². The number of hydrogen-bond acceptors (Lipinski definition) is 4. The van der Waals surface area contributed by atoms with E-state index in [1.54, 1.807) is 0 Å². The van der Waals surface area contributed by atoms with Crippen molar-refractivity contribution in [3.05, 3.63) is 102 Å². The van der Waals surface area contributed by atoms with Gasteiger partial charge in [0.05, 0.1) is 17.1 Å². The number of rotatable bonds is 7. The highest BCUT2D eigenvalue weighted by Gasteiger charge is 2.14. The van der Waals surface area contributed by atoms with Crippen molar-refractivity contribution in [2.75, 3.05) is 5.75 Å². The molecular weight excluding hydrogens is 392 g/mol. The van der Waals surface area contributed by atoms with Gasteiger partial charge in [-0.1, -0.05) is 66.7 Å². The van der Waals surface area contributed by atoms with Crippen LogP contribution in [0.5, 0.6) is 0 Å². The Kier molecular flexibility index (Phi) is 6.30. The molecule has 0 unspecified atom stereocenters. The number of aromatic nitrogens is 2. The maximum Gasteiger partial charge on any atom is 0.316 e. The van der Waals surface area contributed by atoms with Crippen LogP contribution in [-0.4, -0.2) is 21.5 Å². The zero-order chi connectivity index (χ0) is 20.8. The van der Waals surface area contributed by atoms with Gasteiger partial charge in [-0.05, 0) is 30.7 Å². The summed E-state index contributed by atoms with van der Waals surface area (Å²) in [5.74, 6) is 0.0351. The summed E-state index contributed by atoms with van der Waals surface area (Å²) in [6.07, 6.45) is 1.93. The van der Waals surface area contributed by atoms with Gasteiger partial charge >= 0.3 is 5.97 Å². The molecule has 3 aromatic carbocycles. The predicted molar refractivity (Wildman–Crippen MR) is 121 cm³/mol. The zero-order valence-corrected chi connectivity index (χ0v) is 17.5. The van der Waals surface area contributed by atoms with E-state index in [1.165, 1.54) is 11.8 Å². The molecule has 0 fully saturated rings. The SMILES string of the molecule is Cc1ccccc1SCC(=O)OCc1cn(-c2ccccc2)nc1-c1ccccc1. The lowest BCUT2D eigenvalue weighted by molar-refractivity contribution is -0.141. The van der Waals surface area contributed by atoms with Gasteiger partial charge in [0.1, 0.15) is 6.61 Å². The Bertz CT molecular complexity index is 1120. The van der Waals surface area contributed by atoms with Crippen molar-refractivity contribution in [2.24, 2.45) is 0 Å². The van der Waals surface area contributed by atoms with Crippen molar-refractivity contribution in [2.45, 2.75) is 18.4 Å². The van der Waals surface area contributed by atoms with Crippen LogP contribution in [0.1, 0.15) is 11.1 Å². The average Bonchev–Trinajstić information content (AvgIpc) is 3.23. The fraction of sp³-hybridized carbons (Fsp3) is 0.120. The van der Waals surface area contributed by atoms with Gasteiger partial charge in [0, 0.05) is 22.2 Å². The van der Waals surface area contributed by atoms with Crippen molar-refractivity contribution in [1.29, 1.82) is 0 Å². The summed E-state index contributed by atoms with van der Waals surface area (Å²) < 4.78 is 7.41. The first-order valence-corrected chi connectivity index (χ1v) is 10.7. The van der Waals surface area contributed by atoms with Crippen LogP contribution >= 0.6 is 11.8 Å². The molecule has 0 bridgehead atoms. The number of nitrogens with zero attached hydrogens (tertiary/aromatic N) is 2. The van der Waals surface area contributed by atoms with Gasteiger partial charge in [0.15, 0.2) is 0 Å². The van der Waals surface area contributed by atoms with Gasteiger partial charge in [-0.2, -0.15) is 5.10 Å². The number of benzene rings is 3. The molecule has 0 N–H and O–H groups in total. The molecule has 0 saturated heterocycles. The fourth-order valence-electron chi connectivity index (χ4n) is 3.12. The number of hydrogen-bond donors (Lipinski definition) is 0. The van der Waals surface area contributed by atoms with Crippen molar-refractivity contribution in [1.82, 2.24) is 9.78 Å². The molecule has 4 rings (SSSR count). The van der Waals surface area contributed by atoms with Crippen LogP contribution in [0.15, 0.2) is 96.0 Å². The third-order valence-electron chi connectivity index (χ3n) is 4.69. The second kappa shape index (κ2) is 9.46. The van der Waals surface area contributed by atoms with E-state index in [9.17, 15) is 4.79 Å². The number of carbonyl (C=O) groups excluding carboxylic acids is 1. The summed E-state index contributed by atoms with van der Waals surface area (Å²) >= 11 is 1.50. The van der Waals surface area contributed by atoms with Crippen LogP contribution in [0, 0.1) is 6.92 Å². The van der Waals surface area contributed by atoms with Crippen molar-refractivity contribution < 1.29 is 9.53 Å². The highest BCUT2D eigenvalue weighted by molar-refractivity contribution is 8.00. The quantitative estimate of drug-likeness (QED) is 0.288. The van der Waals surface area contributed by atoms with E-state index in [1.807, 2.05) is 103 Å². The number of ether oxygens (including phenoxy) is 1. The molecule has 0 radical (unpaired) electrons. The first-order chi connectivity index (χ1) is 14.7. The number of esters is 1. The molecule has 150 valence electrons. The summed E-state index contributed by atoms with van der Waals surface area (Å²) in [7, 11) is 0. The minimum absolute atomic E-state index is 0.185. The van der Waals surface area contributed by atoms with E-state index in [-0.39, 0.29) is 18.3 Å². The molecule has 1 heterocycles. The summed E-state index contributed by atoms with van der Waals surface area (Å²) in [6, 6.07) is 27.9. The van der Waals surface area contributed by atoms with Crippen LogP contribution in [0.3, 0.4) is 0 Å². The van der Waals surface area contributed by atoms with Gasteiger partial charge in [-0.15, -0.1) is 11.8 Å². The Balaban J connectivity index is 1.49. The zero-order valence-electron chi connectivity index (χ0n) is 16.7. The topological polar surface area (TPSA) is 44.1 Å². The monoisotopic (exact) mass is 414 g/mol. The maximum atomic E-state index is 12.4. The molecule has 5 heteroatoms. The number of para-hydroxylation sites is 1. The minimum atomic E-state index is -0.241.